The van der Waals surface area contributed by atoms with Gasteiger partial charge >= 0.3 is 0 Å². The highest BCUT2D eigenvalue weighted by atomic mass is 35.5. The van der Waals surface area contributed by atoms with Gasteiger partial charge in [-0.15, -0.1) is 0 Å². The molecule has 0 fully saturated rings. The van der Waals surface area contributed by atoms with E-state index in [4.69, 9.17) is 21.1 Å². The van der Waals surface area contributed by atoms with Crippen molar-refractivity contribution in [2.24, 2.45) is 0 Å². The van der Waals surface area contributed by atoms with Crippen LogP contribution < -0.4 is 20.1 Å². The maximum Gasteiger partial charge on any atom is 0.259 e. The lowest BCUT2D eigenvalue weighted by Gasteiger charge is -2.13. The zero-order valence-corrected chi connectivity index (χ0v) is 15.7. The van der Waals surface area contributed by atoms with Gasteiger partial charge in [-0.05, 0) is 54.6 Å². The van der Waals surface area contributed by atoms with Crippen LogP contribution in [0.5, 0.6) is 11.5 Å². The van der Waals surface area contributed by atoms with Crippen LogP contribution in [0.4, 0.5) is 17.1 Å². The maximum atomic E-state index is 12.5. The number of rotatable bonds is 6. The number of hydrogen-bond acceptors (Lipinski definition) is 4. The van der Waals surface area contributed by atoms with Crippen molar-refractivity contribution in [2.75, 3.05) is 24.9 Å². The molecule has 0 aliphatic carbocycles. The average molecular weight is 383 g/mol. The molecule has 3 aromatic carbocycles. The normalized spacial score (nSPS) is 10.2. The summed E-state index contributed by atoms with van der Waals surface area (Å²) in [6, 6.07) is 19.8. The van der Waals surface area contributed by atoms with Crippen molar-refractivity contribution in [3.05, 3.63) is 77.3 Å². The van der Waals surface area contributed by atoms with E-state index in [1.807, 2.05) is 30.3 Å². The molecule has 0 spiro atoms. The SMILES string of the molecule is COc1ccc(Cl)cc1Nc1ccc(NC(=O)c2ccccc2OC)cc1. The van der Waals surface area contributed by atoms with Gasteiger partial charge < -0.3 is 20.1 Å². The minimum Gasteiger partial charge on any atom is -0.496 e. The number of carbonyl (C=O) groups is 1. The number of hydrogen-bond donors (Lipinski definition) is 2. The molecular weight excluding hydrogens is 364 g/mol. The molecule has 27 heavy (non-hydrogen) atoms. The number of halogens is 1. The first-order valence-corrected chi connectivity index (χ1v) is 8.63. The molecule has 2 N–H and O–H groups in total. The highest BCUT2D eigenvalue weighted by Crippen LogP contribution is 2.31. The molecule has 138 valence electrons. The van der Waals surface area contributed by atoms with Gasteiger partial charge in [0.15, 0.2) is 0 Å². The molecule has 3 aromatic rings. The Morgan fingerprint density at radius 1 is 0.852 bits per heavy atom. The van der Waals surface area contributed by atoms with Gasteiger partial charge in [0.25, 0.3) is 5.91 Å². The summed E-state index contributed by atoms with van der Waals surface area (Å²) in [4.78, 5) is 12.5. The quantitative estimate of drug-likeness (QED) is 0.603. The molecule has 0 aromatic heterocycles. The lowest BCUT2D eigenvalue weighted by molar-refractivity contribution is 0.102. The van der Waals surface area contributed by atoms with E-state index in [9.17, 15) is 4.79 Å². The first-order chi connectivity index (χ1) is 13.1. The number of amides is 1. The Hall–Kier alpha value is -3.18. The van der Waals surface area contributed by atoms with Crippen LogP contribution in [0.1, 0.15) is 10.4 Å². The first kappa shape index (κ1) is 18.6. The molecule has 3 rings (SSSR count). The Bertz CT molecular complexity index is 942. The van der Waals surface area contributed by atoms with E-state index in [1.165, 1.54) is 7.11 Å². The van der Waals surface area contributed by atoms with Crippen LogP contribution in [-0.4, -0.2) is 20.1 Å². The average Bonchev–Trinajstić information content (AvgIpc) is 2.69. The third kappa shape index (κ3) is 4.51. The molecule has 0 unspecified atom stereocenters. The topological polar surface area (TPSA) is 59.6 Å². The Morgan fingerprint density at radius 3 is 2.22 bits per heavy atom. The number of carbonyl (C=O) groups excluding carboxylic acids is 1. The molecule has 1 amide bonds. The predicted molar refractivity (Wildman–Crippen MR) is 109 cm³/mol. The zero-order valence-electron chi connectivity index (χ0n) is 15.0. The van der Waals surface area contributed by atoms with Gasteiger partial charge in [0.2, 0.25) is 0 Å². The molecule has 0 bridgehead atoms. The fraction of sp³-hybridized carbons (Fsp3) is 0.0952. The van der Waals surface area contributed by atoms with Gasteiger partial charge in [0.05, 0.1) is 25.5 Å². The highest BCUT2D eigenvalue weighted by molar-refractivity contribution is 6.31. The number of methoxy groups -OCH3 is 2. The number of benzene rings is 3. The summed E-state index contributed by atoms with van der Waals surface area (Å²) in [5.74, 6) is 0.985. The molecule has 5 nitrogen and oxygen atoms in total. The summed E-state index contributed by atoms with van der Waals surface area (Å²) in [5.41, 5.74) is 2.75. The third-order valence-corrected chi connectivity index (χ3v) is 4.17. The smallest absolute Gasteiger partial charge is 0.259 e. The van der Waals surface area contributed by atoms with E-state index >= 15 is 0 Å². The monoisotopic (exact) mass is 382 g/mol. The predicted octanol–water partition coefficient (Wildman–Crippen LogP) is 5.35. The molecule has 0 saturated heterocycles. The standard InChI is InChI=1S/C21H19ClN2O3/c1-26-19-6-4-3-5-17(19)21(25)24-16-10-8-15(9-11-16)23-18-13-14(22)7-12-20(18)27-2/h3-13,23H,1-2H3,(H,24,25). The first-order valence-electron chi connectivity index (χ1n) is 8.25. The van der Waals surface area contributed by atoms with Gasteiger partial charge in [0.1, 0.15) is 11.5 Å². The summed E-state index contributed by atoms with van der Waals surface area (Å²) in [5, 5.41) is 6.73. The summed E-state index contributed by atoms with van der Waals surface area (Å²) in [6.45, 7) is 0. The second-order valence-electron chi connectivity index (χ2n) is 5.70. The zero-order chi connectivity index (χ0) is 19.2. The van der Waals surface area contributed by atoms with Crippen LogP contribution in [0, 0.1) is 0 Å². The summed E-state index contributed by atoms with van der Waals surface area (Å²) >= 11 is 6.05. The van der Waals surface area contributed by atoms with Crippen molar-refractivity contribution < 1.29 is 14.3 Å². The molecule has 0 aliphatic heterocycles. The van der Waals surface area contributed by atoms with Crippen LogP contribution in [0.25, 0.3) is 0 Å². The van der Waals surface area contributed by atoms with Crippen LogP contribution in [-0.2, 0) is 0 Å². The molecule has 0 radical (unpaired) electrons. The Balaban J connectivity index is 1.72. The molecule has 0 heterocycles. The highest BCUT2D eigenvalue weighted by Gasteiger charge is 2.11. The Labute approximate surface area is 162 Å². The number of nitrogens with one attached hydrogen (secondary N) is 2. The van der Waals surface area contributed by atoms with Gasteiger partial charge in [-0.2, -0.15) is 0 Å². The van der Waals surface area contributed by atoms with E-state index in [1.54, 1.807) is 43.5 Å². The van der Waals surface area contributed by atoms with E-state index in [0.717, 1.165) is 11.4 Å². The summed E-state index contributed by atoms with van der Waals surface area (Å²) in [6.07, 6.45) is 0. The van der Waals surface area contributed by atoms with Gasteiger partial charge in [0, 0.05) is 16.4 Å². The van der Waals surface area contributed by atoms with E-state index in [2.05, 4.69) is 10.6 Å². The van der Waals surface area contributed by atoms with Crippen molar-refractivity contribution in [1.82, 2.24) is 0 Å². The van der Waals surface area contributed by atoms with Gasteiger partial charge in [-0.3, -0.25) is 4.79 Å². The number of anilines is 3. The molecule has 6 heteroatoms. The van der Waals surface area contributed by atoms with Crippen LogP contribution in [0.2, 0.25) is 5.02 Å². The minimum atomic E-state index is -0.232. The minimum absolute atomic E-state index is 0.232. The summed E-state index contributed by atoms with van der Waals surface area (Å²) in [7, 11) is 3.14. The molecule has 0 aliphatic rings. The van der Waals surface area contributed by atoms with Crippen LogP contribution >= 0.6 is 11.6 Å². The Kier molecular flexibility index (Phi) is 5.84. The summed E-state index contributed by atoms with van der Waals surface area (Å²) < 4.78 is 10.6. The van der Waals surface area contributed by atoms with Gasteiger partial charge in [-0.25, -0.2) is 0 Å². The van der Waals surface area contributed by atoms with Crippen molar-refractivity contribution in [3.63, 3.8) is 0 Å². The maximum absolute atomic E-state index is 12.5. The van der Waals surface area contributed by atoms with E-state index in [-0.39, 0.29) is 5.91 Å². The van der Waals surface area contributed by atoms with Crippen molar-refractivity contribution in [1.29, 1.82) is 0 Å². The second-order valence-corrected chi connectivity index (χ2v) is 6.14. The van der Waals surface area contributed by atoms with Gasteiger partial charge in [-0.1, -0.05) is 23.7 Å². The molecule has 0 saturated carbocycles. The third-order valence-electron chi connectivity index (χ3n) is 3.93. The van der Waals surface area contributed by atoms with Crippen molar-refractivity contribution in [3.8, 4) is 11.5 Å². The van der Waals surface area contributed by atoms with E-state index < -0.39 is 0 Å². The second kappa shape index (κ2) is 8.47. The lowest BCUT2D eigenvalue weighted by atomic mass is 10.2. The Morgan fingerprint density at radius 2 is 1.52 bits per heavy atom. The van der Waals surface area contributed by atoms with Crippen LogP contribution in [0.15, 0.2) is 66.7 Å². The molecule has 0 atom stereocenters. The van der Waals surface area contributed by atoms with Crippen molar-refractivity contribution >= 4 is 34.6 Å². The lowest BCUT2D eigenvalue weighted by Crippen LogP contribution is -2.13. The van der Waals surface area contributed by atoms with Crippen molar-refractivity contribution in [2.45, 2.75) is 0 Å². The fourth-order valence-electron chi connectivity index (χ4n) is 2.60. The van der Waals surface area contributed by atoms with E-state index in [0.29, 0.717) is 27.8 Å². The largest absolute Gasteiger partial charge is 0.496 e. The number of para-hydroxylation sites is 1. The fourth-order valence-corrected chi connectivity index (χ4v) is 2.77. The number of ether oxygens (including phenoxy) is 2. The van der Waals surface area contributed by atoms with Crippen LogP contribution in [0.3, 0.4) is 0 Å². The molecular formula is C21H19ClN2O3.